The summed E-state index contributed by atoms with van der Waals surface area (Å²) in [6, 6.07) is 12.1. The maximum absolute atomic E-state index is 13.0. The predicted octanol–water partition coefficient (Wildman–Crippen LogP) is 3.31. The Kier molecular flexibility index (Phi) is 4.04. The molecule has 108 valence electrons. The number of ketones is 1. The first-order valence-electron chi connectivity index (χ1n) is 6.90. The molecule has 0 saturated heterocycles. The van der Waals surface area contributed by atoms with E-state index in [1.54, 1.807) is 6.07 Å². The third-order valence-electron chi connectivity index (χ3n) is 3.85. The van der Waals surface area contributed by atoms with E-state index in [0.29, 0.717) is 23.6 Å². The molecule has 1 aliphatic heterocycles. The summed E-state index contributed by atoms with van der Waals surface area (Å²) < 4.78 is 13.0. The Morgan fingerprint density at radius 3 is 2.76 bits per heavy atom. The van der Waals surface area contributed by atoms with Crippen molar-refractivity contribution in [2.45, 2.75) is 25.4 Å². The first-order valence-corrected chi connectivity index (χ1v) is 7.28. The molecule has 1 unspecified atom stereocenters. The van der Waals surface area contributed by atoms with Crippen LogP contribution in [0, 0.1) is 5.82 Å². The van der Waals surface area contributed by atoms with Crippen LogP contribution >= 0.6 is 11.6 Å². The van der Waals surface area contributed by atoms with Gasteiger partial charge in [-0.15, -0.1) is 0 Å². The summed E-state index contributed by atoms with van der Waals surface area (Å²) in [7, 11) is 0. The Labute approximate surface area is 127 Å². The zero-order chi connectivity index (χ0) is 14.8. The molecule has 2 aromatic carbocycles. The largest absolute Gasteiger partial charge is 0.303 e. The van der Waals surface area contributed by atoms with E-state index < -0.39 is 0 Å². The normalized spacial score (nSPS) is 17.3. The molecular formula is C17H15ClFNO. The van der Waals surface area contributed by atoms with Gasteiger partial charge in [0.15, 0.2) is 5.78 Å². The van der Waals surface area contributed by atoms with Gasteiger partial charge in [-0.2, -0.15) is 0 Å². The number of fused-ring (bicyclic) bond motifs is 1. The van der Waals surface area contributed by atoms with Gasteiger partial charge in [0.25, 0.3) is 0 Å². The van der Waals surface area contributed by atoms with Crippen molar-refractivity contribution in [1.82, 2.24) is 5.32 Å². The fourth-order valence-corrected chi connectivity index (χ4v) is 2.89. The van der Waals surface area contributed by atoms with Crippen molar-refractivity contribution in [1.29, 1.82) is 0 Å². The number of hydrogen-bond donors (Lipinski definition) is 1. The Hall–Kier alpha value is -1.71. The third-order valence-corrected chi connectivity index (χ3v) is 4.20. The molecule has 0 aliphatic carbocycles. The molecule has 0 spiro atoms. The van der Waals surface area contributed by atoms with Crippen LogP contribution in [0.4, 0.5) is 4.39 Å². The van der Waals surface area contributed by atoms with Crippen molar-refractivity contribution in [2.75, 3.05) is 0 Å². The van der Waals surface area contributed by atoms with Crippen molar-refractivity contribution < 1.29 is 9.18 Å². The van der Waals surface area contributed by atoms with Gasteiger partial charge >= 0.3 is 0 Å². The molecule has 1 heterocycles. The van der Waals surface area contributed by atoms with E-state index in [1.807, 2.05) is 12.1 Å². The SMILES string of the molecule is O=C(Cc1ccc(F)cc1Cl)C1Cc2ccccc2CN1. The van der Waals surface area contributed by atoms with Crippen LogP contribution in [0.15, 0.2) is 42.5 Å². The molecule has 21 heavy (non-hydrogen) atoms. The van der Waals surface area contributed by atoms with E-state index in [0.717, 1.165) is 0 Å². The van der Waals surface area contributed by atoms with E-state index in [1.165, 1.54) is 23.3 Å². The van der Waals surface area contributed by atoms with Gasteiger partial charge in [0.1, 0.15) is 5.82 Å². The first-order chi connectivity index (χ1) is 10.1. The smallest absolute Gasteiger partial charge is 0.154 e. The fourth-order valence-electron chi connectivity index (χ4n) is 2.66. The highest BCUT2D eigenvalue weighted by molar-refractivity contribution is 6.31. The van der Waals surface area contributed by atoms with E-state index in [4.69, 9.17) is 11.6 Å². The van der Waals surface area contributed by atoms with Crippen molar-refractivity contribution in [3.63, 3.8) is 0 Å². The van der Waals surface area contributed by atoms with Gasteiger partial charge in [-0.1, -0.05) is 41.9 Å². The number of halogens is 2. The minimum atomic E-state index is -0.388. The Morgan fingerprint density at radius 1 is 1.24 bits per heavy atom. The van der Waals surface area contributed by atoms with Gasteiger partial charge in [-0.05, 0) is 35.2 Å². The summed E-state index contributed by atoms with van der Waals surface area (Å²) in [6.45, 7) is 0.698. The molecule has 0 fully saturated rings. The predicted molar refractivity (Wildman–Crippen MR) is 80.9 cm³/mol. The van der Waals surface area contributed by atoms with Crippen molar-refractivity contribution in [2.24, 2.45) is 0 Å². The molecular weight excluding hydrogens is 289 g/mol. The van der Waals surface area contributed by atoms with Crippen molar-refractivity contribution >= 4 is 17.4 Å². The maximum Gasteiger partial charge on any atom is 0.154 e. The third kappa shape index (κ3) is 3.14. The molecule has 0 aromatic heterocycles. The molecule has 2 nitrogen and oxygen atoms in total. The van der Waals surface area contributed by atoms with Gasteiger partial charge in [-0.3, -0.25) is 4.79 Å². The molecule has 1 atom stereocenters. The zero-order valence-corrected chi connectivity index (χ0v) is 12.2. The van der Waals surface area contributed by atoms with Gasteiger partial charge in [0.05, 0.1) is 6.04 Å². The number of nitrogens with one attached hydrogen (secondary N) is 1. The van der Waals surface area contributed by atoms with E-state index in [9.17, 15) is 9.18 Å². The van der Waals surface area contributed by atoms with Crippen LogP contribution in [-0.2, 0) is 24.2 Å². The summed E-state index contributed by atoms with van der Waals surface area (Å²) in [5.74, 6) is -0.307. The molecule has 3 rings (SSSR count). The van der Waals surface area contributed by atoms with Crippen molar-refractivity contribution in [3.05, 3.63) is 70.0 Å². The second kappa shape index (κ2) is 5.96. The highest BCUT2D eigenvalue weighted by atomic mass is 35.5. The molecule has 0 radical (unpaired) electrons. The summed E-state index contributed by atoms with van der Waals surface area (Å²) in [6.07, 6.45) is 0.909. The monoisotopic (exact) mass is 303 g/mol. The zero-order valence-electron chi connectivity index (χ0n) is 11.4. The number of rotatable bonds is 3. The van der Waals surface area contributed by atoms with E-state index in [-0.39, 0.29) is 24.1 Å². The average Bonchev–Trinajstić information content (AvgIpc) is 2.49. The number of carbonyl (C=O) groups excluding carboxylic acids is 1. The molecule has 0 bridgehead atoms. The van der Waals surface area contributed by atoms with Gasteiger partial charge < -0.3 is 5.32 Å². The van der Waals surface area contributed by atoms with Crippen LogP contribution in [0.1, 0.15) is 16.7 Å². The molecule has 0 saturated carbocycles. The fraction of sp³-hybridized carbons (Fsp3) is 0.235. The van der Waals surface area contributed by atoms with Crippen LogP contribution in [0.2, 0.25) is 5.02 Å². The molecule has 1 N–H and O–H groups in total. The van der Waals surface area contributed by atoms with Crippen LogP contribution in [-0.4, -0.2) is 11.8 Å². The van der Waals surface area contributed by atoms with Crippen LogP contribution in [0.5, 0.6) is 0 Å². The molecule has 0 amide bonds. The maximum atomic E-state index is 13.0. The summed E-state index contributed by atoms with van der Waals surface area (Å²) in [5.41, 5.74) is 3.12. The van der Waals surface area contributed by atoms with E-state index in [2.05, 4.69) is 17.4 Å². The van der Waals surface area contributed by atoms with Crippen molar-refractivity contribution in [3.8, 4) is 0 Å². The number of benzene rings is 2. The lowest BCUT2D eigenvalue weighted by Gasteiger charge is -2.25. The first kappa shape index (κ1) is 14.2. The van der Waals surface area contributed by atoms with Gasteiger partial charge in [0, 0.05) is 18.0 Å². The number of carbonyl (C=O) groups is 1. The quantitative estimate of drug-likeness (QED) is 0.942. The molecule has 2 aromatic rings. The highest BCUT2D eigenvalue weighted by Crippen LogP contribution is 2.21. The average molecular weight is 304 g/mol. The van der Waals surface area contributed by atoms with E-state index >= 15 is 0 Å². The summed E-state index contributed by atoms with van der Waals surface area (Å²) >= 11 is 5.98. The lowest BCUT2D eigenvalue weighted by molar-refractivity contribution is -0.120. The topological polar surface area (TPSA) is 29.1 Å². The Morgan fingerprint density at radius 2 is 2.00 bits per heavy atom. The number of Topliss-reactive ketones (excluding diaryl/α,β-unsaturated/α-hetero) is 1. The Balaban J connectivity index is 1.72. The second-order valence-corrected chi connectivity index (χ2v) is 5.69. The highest BCUT2D eigenvalue weighted by Gasteiger charge is 2.24. The minimum Gasteiger partial charge on any atom is -0.303 e. The summed E-state index contributed by atoms with van der Waals surface area (Å²) in [4.78, 5) is 12.4. The molecule has 1 aliphatic rings. The second-order valence-electron chi connectivity index (χ2n) is 5.29. The van der Waals surface area contributed by atoms with Crippen LogP contribution < -0.4 is 5.32 Å². The number of hydrogen-bond acceptors (Lipinski definition) is 2. The minimum absolute atomic E-state index is 0.0815. The van der Waals surface area contributed by atoms with Crippen LogP contribution in [0.25, 0.3) is 0 Å². The lowest BCUT2D eigenvalue weighted by Crippen LogP contribution is -2.42. The standard InChI is InChI=1S/C17H15ClFNO/c18-15-9-14(19)6-5-12(15)8-17(21)16-7-11-3-1-2-4-13(11)10-20-16/h1-6,9,16,20H,7-8,10H2. The van der Waals surface area contributed by atoms with Crippen LogP contribution in [0.3, 0.4) is 0 Å². The van der Waals surface area contributed by atoms with Gasteiger partial charge in [0.2, 0.25) is 0 Å². The summed E-state index contributed by atoms with van der Waals surface area (Å²) in [5, 5.41) is 3.56. The van der Waals surface area contributed by atoms with Gasteiger partial charge in [-0.25, -0.2) is 4.39 Å². The lowest BCUT2D eigenvalue weighted by atomic mass is 9.91. The Bertz CT molecular complexity index is 686. The molecule has 4 heteroatoms.